The van der Waals surface area contributed by atoms with E-state index in [1.54, 1.807) is 7.11 Å². The fourth-order valence-corrected chi connectivity index (χ4v) is 2.46. The number of nitrogens with zero attached hydrogens (tertiary/aromatic N) is 1. The van der Waals surface area contributed by atoms with Crippen LogP contribution in [0.5, 0.6) is 5.75 Å². The first-order valence-corrected chi connectivity index (χ1v) is 5.42. The van der Waals surface area contributed by atoms with Crippen LogP contribution in [0.1, 0.15) is 18.9 Å². The van der Waals surface area contributed by atoms with Crippen LogP contribution in [-0.2, 0) is 0 Å². The van der Waals surface area contributed by atoms with Crippen molar-refractivity contribution in [1.82, 2.24) is 0 Å². The second-order valence-electron chi connectivity index (χ2n) is 4.84. The molecule has 0 saturated heterocycles. The minimum atomic E-state index is 0.485. The van der Waals surface area contributed by atoms with Crippen LogP contribution in [0.2, 0.25) is 0 Å². The maximum atomic E-state index is 5.23. The Morgan fingerprint density at radius 1 is 1.47 bits per heavy atom. The van der Waals surface area contributed by atoms with Crippen LogP contribution in [0.25, 0.3) is 0 Å². The van der Waals surface area contributed by atoms with Crippen LogP contribution >= 0.6 is 0 Å². The van der Waals surface area contributed by atoms with Gasteiger partial charge in [-0.2, -0.15) is 0 Å². The maximum absolute atomic E-state index is 5.23. The predicted octanol–water partition coefficient (Wildman–Crippen LogP) is 2.52. The highest BCUT2D eigenvalue weighted by molar-refractivity contribution is 6.06. The molecule has 0 amide bonds. The zero-order valence-corrected chi connectivity index (χ0v) is 9.16. The van der Waals surface area contributed by atoms with E-state index in [2.05, 4.69) is 24.0 Å². The SMILES string of the molecule is COc1cccc(C2=NCC3(C)CC23)c1. The summed E-state index contributed by atoms with van der Waals surface area (Å²) in [6.07, 6.45) is 1.31. The van der Waals surface area contributed by atoms with Gasteiger partial charge >= 0.3 is 0 Å². The van der Waals surface area contributed by atoms with Gasteiger partial charge in [0.2, 0.25) is 0 Å². The summed E-state index contributed by atoms with van der Waals surface area (Å²) in [7, 11) is 1.71. The van der Waals surface area contributed by atoms with Gasteiger partial charge in [0.05, 0.1) is 7.11 Å². The van der Waals surface area contributed by atoms with Crippen LogP contribution in [0.15, 0.2) is 29.3 Å². The zero-order valence-electron chi connectivity index (χ0n) is 9.16. The lowest BCUT2D eigenvalue weighted by Crippen LogP contribution is -2.02. The van der Waals surface area contributed by atoms with Crippen LogP contribution in [-0.4, -0.2) is 19.4 Å². The van der Waals surface area contributed by atoms with E-state index < -0.39 is 0 Å². The molecule has 2 aliphatic rings. The lowest BCUT2D eigenvalue weighted by atomic mass is 10.0. The van der Waals surface area contributed by atoms with Crippen molar-refractivity contribution in [2.45, 2.75) is 13.3 Å². The third kappa shape index (κ3) is 1.28. The molecule has 78 valence electrons. The normalized spacial score (nSPS) is 32.1. The molecule has 1 aliphatic heterocycles. The van der Waals surface area contributed by atoms with Crippen molar-refractivity contribution in [3.8, 4) is 5.75 Å². The number of hydrogen-bond donors (Lipinski definition) is 0. The molecule has 0 aromatic heterocycles. The van der Waals surface area contributed by atoms with Crippen molar-refractivity contribution in [3.63, 3.8) is 0 Å². The molecule has 3 rings (SSSR count). The largest absolute Gasteiger partial charge is 0.497 e. The highest BCUT2D eigenvalue weighted by atomic mass is 16.5. The van der Waals surface area contributed by atoms with Gasteiger partial charge in [-0.05, 0) is 29.5 Å². The van der Waals surface area contributed by atoms with Crippen LogP contribution < -0.4 is 4.74 Å². The fraction of sp³-hybridized carbons (Fsp3) is 0.462. The van der Waals surface area contributed by atoms with Crippen molar-refractivity contribution in [3.05, 3.63) is 29.8 Å². The third-order valence-corrected chi connectivity index (χ3v) is 3.66. The quantitative estimate of drug-likeness (QED) is 0.720. The molecule has 0 N–H and O–H groups in total. The minimum absolute atomic E-state index is 0.485. The summed E-state index contributed by atoms with van der Waals surface area (Å²) in [5.74, 6) is 1.62. The van der Waals surface area contributed by atoms with E-state index in [4.69, 9.17) is 4.74 Å². The predicted molar refractivity (Wildman–Crippen MR) is 60.6 cm³/mol. The van der Waals surface area contributed by atoms with E-state index in [-0.39, 0.29) is 0 Å². The lowest BCUT2D eigenvalue weighted by Gasteiger charge is -2.04. The van der Waals surface area contributed by atoms with E-state index in [0.717, 1.165) is 12.3 Å². The molecule has 2 unspecified atom stereocenters. The van der Waals surface area contributed by atoms with E-state index in [9.17, 15) is 0 Å². The number of fused-ring (bicyclic) bond motifs is 1. The van der Waals surface area contributed by atoms with Crippen molar-refractivity contribution >= 4 is 5.71 Å². The number of methoxy groups -OCH3 is 1. The minimum Gasteiger partial charge on any atom is -0.497 e. The number of hydrogen-bond acceptors (Lipinski definition) is 2. The third-order valence-electron chi connectivity index (χ3n) is 3.66. The summed E-state index contributed by atoms with van der Waals surface area (Å²) in [6.45, 7) is 3.33. The Morgan fingerprint density at radius 2 is 2.33 bits per heavy atom. The first-order chi connectivity index (χ1) is 7.23. The molecule has 15 heavy (non-hydrogen) atoms. The first kappa shape index (κ1) is 8.96. The number of aliphatic imine (C=N–C) groups is 1. The van der Waals surface area contributed by atoms with Gasteiger partial charge in [0.15, 0.2) is 0 Å². The Kier molecular flexibility index (Phi) is 1.70. The molecule has 0 spiro atoms. The highest BCUT2D eigenvalue weighted by Gasteiger charge is 2.56. The number of rotatable bonds is 2. The molecule has 1 saturated carbocycles. The molecule has 2 nitrogen and oxygen atoms in total. The summed E-state index contributed by atoms with van der Waals surface area (Å²) in [4.78, 5) is 4.64. The summed E-state index contributed by atoms with van der Waals surface area (Å²) in [5.41, 5.74) is 3.01. The van der Waals surface area contributed by atoms with E-state index in [1.807, 2.05) is 12.1 Å². The first-order valence-electron chi connectivity index (χ1n) is 5.42. The van der Waals surface area contributed by atoms with Gasteiger partial charge in [-0.15, -0.1) is 0 Å². The zero-order chi connectivity index (χ0) is 10.5. The summed E-state index contributed by atoms with van der Waals surface area (Å²) in [6, 6.07) is 8.23. The molecule has 1 heterocycles. The molecule has 1 fully saturated rings. The number of benzene rings is 1. The highest BCUT2D eigenvalue weighted by Crippen LogP contribution is 2.57. The van der Waals surface area contributed by atoms with Crippen LogP contribution in [0.4, 0.5) is 0 Å². The smallest absolute Gasteiger partial charge is 0.119 e. The van der Waals surface area contributed by atoms with Crippen molar-refractivity contribution in [2.24, 2.45) is 16.3 Å². The molecule has 2 heteroatoms. The molecular formula is C13H15NO. The molecular weight excluding hydrogens is 186 g/mol. The lowest BCUT2D eigenvalue weighted by molar-refractivity contribution is 0.414. The molecule has 1 aliphatic carbocycles. The summed E-state index contributed by atoms with van der Waals surface area (Å²) >= 11 is 0. The van der Waals surface area contributed by atoms with Crippen LogP contribution in [0.3, 0.4) is 0 Å². The second kappa shape index (κ2) is 2.84. The summed E-state index contributed by atoms with van der Waals surface area (Å²) < 4.78 is 5.23. The average Bonchev–Trinajstić information content (AvgIpc) is 2.82. The van der Waals surface area contributed by atoms with Crippen molar-refractivity contribution < 1.29 is 4.74 Å². The standard InChI is InChI=1S/C13H15NO/c1-13-7-11(13)12(14-8-13)9-4-3-5-10(6-9)15-2/h3-6,11H,7-8H2,1-2H3. The van der Waals surface area contributed by atoms with Gasteiger partial charge in [-0.3, -0.25) is 4.99 Å². The van der Waals surface area contributed by atoms with E-state index in [1.165, 1.54) is 17.7 Å². The van der Waals surface area contributed by atoms with Crippen LogP contribution in [0, 0.1) is 11.3 Å². The Bertz CT molecular complexity index is 438. The van der Waals surface area contributed by atoms with Gasteiger partial charge in [-0.1, -0.05) is 19.1 Å². The average molecular weight is 201 g/mol. The molecule has 0 bridgehead atoms. The Labute approximate surface area is 90.0 Å². The maximum Gasteiger partial charge on any atom is 0.119 e. The second-order valence-corrected chi connectivity index (χ2v) is 4.84. The fourth-order valence-electron chi connectivity index (χ4n) is 2.46. The van der Waals surface area contributed by atoms with E-state index in [0.29, 0.717) is 11.3 Å². The van der Waals surface area contributed by atoms with Gasteiger partial charge in [0.1, 0.15) is 5.75 Å². The van der Waals surface area contributed by atoms with Gasteiger partial charge in [0.25, 0.3) is 0 Å². The monoisotopic (exact) mass is 201 g/mol. The molecule has 1 aromatic rings. The molecule has 1 aromatic carbocycles. The van der Waals surface area contributed by atoms with Gasteiger partial charge in [0, 0.05) is 18.2 Å². The molecule has 0 radical (unpaired) electrons. The Balaban J connectivity index is 1.94. The van der Waals surface area contributed by atoms with Gasteiger partial charge < -0.3 is 4.74 Å². The van der Waals surface area contributed by atoms with Crippen molar-refractivity contribution in [1.29, 1.82) is 0 Å². The molecule has 2 atom stereocenters. The van der Waals surface area contributed by atoms with Crippen molar-refractivity contribution in [2.75, 3.05) is 13.7 Å². The topological polar surface area (TPSA) is 21.6 Å². The Morgan fingerprint density at radius 3 is 2.93 bits per heavy atom. The van der Waals surface area contributed by atoms with Gasteiger partial charge in [-0.25, -0.2) is 0 Å². The number of ether oxygens (including phenoxy) is 1. The van der Waals surface area contributed by atoms with E-state index >= 15 is 0 Å². The summed E-state index contributed by atoms with van der Waals surface area (Å²) in [5, 5.41) is 0. The Hall–Kier alpha value is -1.31.